The molecule has 0 unspecified atom stereocenters. The summed E-state index contributed by atoms with van der Waals surface area (Å²) in [5, 5.41) is 0. The van der Waals surface area contributed by atoms with Crippen LogP contribution >= 0.6 is 0 Å². The Hall–Kier alpha value is -1.32. The van der Waals surface area contributed by atoms with E-state index in [-0.39, 0.29) is 5.96 Å². The lowest BCUT2D eigenvalue weighted by Crippen LogP contribution is -2.24. The summed E-state index contributed by atoms with van der Waals surface area (Å²) in [6.45, 7) is 0. The third-order valence-corrected chi connectivity index (χ3v) is 1.12. The number of amidine groups is 1. The first-order valence-corrected chi connectivity index (χ1v) is 3.10. The molecule has 0 spiro atoms. The number of guanidine groups is 1. The fraction of sp³-hybridized carbons (Fsp3) is 0.333. The summed E-state index contributed by atoms with van der Waals surface area (Å²) in [7, 11) is 0. The van der Waals surface area contributed by atoms with E-state index in [4.69, 9.17) is 11.5 Å². The van der Waals surface area contributed by atoms with Gasteiger partial charge in [0, 0.05) is 12.6 Å². The number of hydrogen-bond acceptors (Lipinski definition) is 2. The molecule has 4 heteroatoms. The molecule has 0 fully saturated rings. The van der Waals surface area contributed by atoms with Crippen molar-refractivity contribution in [3.63, 3.8) is 0 Å². The summed E-state index contributed by atoms with van der Waals surface area (Å²) in [6.07, 6.45) is 5.49. The predicted molar refractivity (Wildman–Crippen MR) is 41.6 cm³/mol. The van der Waals surface area contributed by atoms with Crippen molar-refractivity contribution in [2.24, 2.45) is 21.5 Å². The second-order valence-electron chi connectivity index (χ2n) is 2.01. The van der Waals surface area contributed by atoms with E-state index in [0.717, 1.165) is 12.8 Å². The Labute approximate surface area is 59.3 Å². The summed E-state index contributed by atoms with van der Waals surface area (Å²) >= 11 is 0. The highest BCUT2D eigenvalue weighted by Gasteiger charge is 1.97. The Kier molecular flexibility index (Phi) is 2.04. The molecular formula is C6H10N4. The fourth-order valence-corrected chi connectivity index (χ4v) is 0.724. The second kappa shape index (κ2) is 3.00. The second-order valence-corrected chi connectivity index (χ2v) is 2.01. The molecule has 1 aliphatic rings. The van der Waals surface area contributed by atoms with Gasteiger partial charge in [-0.2, -0.15) is 0 Å². The van der Waals surface area contributed by atoms with Crippen LogP contribution in [0.4, 0.5) is 0 Å². The maximum absolute atomic E-state index is 5.15. The van der Waals surface area contributed by atoms with E-state index in [0.29, 0.717) is 5.84 Å². The molecule has 10 heavy (non-hydrogen) atoms. The molecule has 0 aromatic rings. The van der Waals surface area contributed by atoms with Crippen molar-refractivity contribution in [1.82, 2.24) is 0 Å². The van der Waals surface area contributed by atoms with Crippen LogP contribution in [0.5, 0.6) is 0 Å². The van der Waals surface area contributed by atoms with Crippen molar-refractivity contribution in [3.8, 4) is 0 Å². The number of allylic oxidation sites excluding steroid dienone is 1. The first-order valence-electron chi connectivity index (χ1n) is 3.10. The van der Waals surface area contributed by atoms with Crippen LogP contribution in [0.25, 0.3) is 0 Å². The molecule has 0 aromatic carbocycles. The van der Waals surface area contributed by atoms with Crippen LogP contribution in [0.2, 0.25) is 0 Å². The van der Waals surface area contributed by atoms with Gasteiger partial charge in [-0.3, -0.25) is 0 Å². The summed E-state index contributed by atoms with van der Waals surface area (Å²) < 4.78 is 0. The minimum absolute atomic E-state index is 0.0778. The van der Waals surface area contributed by atoms with Crippen LogP contribution in [-0.4, -0.2) is 11.8 Å². The van der Waals surface area contributed by atoms with Gasteiger partial charge in [-0.25, -0.2) is 9.98 Å². The maximum atomic E-state index is 5.15. The minimum atomic E-state index is 0.0778. The summed E-state index contributed by atoms with van der Waals surface area (Å²) in [6, 6.07) is 0. The van der Waals surface area contributed by atoms with E-state index in [1.165, 1.54) is 0 Å². The third kappa shape index (κ3) is 1.89. The molecule has 0 bridgehead atoms. The van der Waals surface area contributed by atoms with Gasteiger partial charge < -0.3 is 11.5 Å². The number of hydrogen-bond donors (Lipinski definition) is 2. The average Bonchev–Trinajstić information content (AvgIpc) is 1.88. The quantitative estimate of drug-likeness (QED) is 0.364. The molecule has 0 aromatic heterocycles. The number of nitrogens with two attached hydrogens (primary N) is 2. The highest BCUT2D eigenvalue weighted by atomic mass is 15.0. The zero-order chi connectivity index (χ0) is 7.40. The van der Waals surface area contributed by atoms with Crippen LogP contribution < -0.4 is 11.5 Å². The first kappa shape index (κ1) is 6.80. The molecule has 0 saturated heterocycles. The van der Waals surface area contributed by atoms with E-state index < -0.39 is 0 Å². The van der Waals surface area contributed by atoms with Crippen LogP contribution in [0.3, 0.4) is 0 Å². The van der Waals surface area contributed by atoms with Gasteiger partial charge in [0.1, 0.15) is 5.84 Å². The maximum Gasteiger partial charge on any atom is 0.192 e. The molecule has 0 atom stereocenters. The van der Waals surface area contributed by atoms with Gasteiger partial charge in [-0.1, -0.05) is 6.08 Å². The topological polar surface area (TPSA) is 76.8 Å². The molecule has 0 amide bonds. The smallest absolute Gasteiger partial charge is 0.192 e. The lowest BCUT2D eigenvalue weighted by Gasteiger charge is -2.00. The van der Waals surface area contributed by atoms with E-state index in [2.05, 4.69) is 9.98 Å². The van der Waals surface area contributed by atoms with Crippen LogP contribution in [-0.2, 0) is 0 Å². The molecule has 4 nitrogen and oxygen atoms in total. The van der Waals surface area contributed by atoms with Gasteiger partial charge in [0.15, 0.2) is 5.96 Å². The minimum Gasteiger partial charge on any atom is -0.370 e. The van der Waals surface area contributed by atoms with Crippen molar-refractivity contribution < 1.29 is 0 Å². The van der Waals surface area contributed by atoms with Gasteiger partial charge in [0.2, 0.25) is 0 Å². The normalized spacial score (nSPS) is 16.2. The molecule has 0 aliphatic carbocycles. The summed E-state index contributed by atoms with van der Waals surface area (Å²) in [5.41, 5.74) is 10.3. The third-order valence-electron chi connectivity index (χ3n) is 1.12. The van der Waals surface area contributed by atoms with Crippen molar-refractivity contribution in [1.29, 1.82) is 0 Å². The average molecular weight is 138 g/mol. The lowest BCUT2D eigenvalue weighted by atomic mass is 10.2. The van der Waals surface area contributed by atoms with Crippen molar-refractivity contribution >= 4 is 11.8 Å². The summed E-state index contributed by atoms with van der Waals surface area (Å²) in [5.74, 6) is 0.788. The Morgan fingerprint density at radius 3 is 2.90 bits per heavy atom. The monoisotopic (exact) mass is 138 g/mol. The number of rotatable bonds is 0. The highest BCUT2D eigenvalue weighted by molar-refractivity contribution is 5.95. The van der Waals surface area contributed by atoms with Gasteiger partial charge >= 0.3 is 0 Å². The SMILES string of the molecule is NC(N)=NC1=NC=CCC1. The highest BCUT2D eigenvalue weighted by Crippen LogP contribution is 2.02. The molecule has 0 saturated carbocycles. The lowest BCUT2D eigenvalue weighted by molar-refractivity contribution is 1.04. The van der Waals surface area contributed by atoms with E-state index in [1.54, 1.807) is 6.20 Å². The van der Waals surface area contributed by atoms with Gasteiger partial charge in [-0.05, 0) is 6.42 Å². The molecule has 1 aliphatic heterocycles. The number of nitrogens with zero attached hydrogens (tertiary/aromatic N) is 2. The molecule has 1 rings (SSSR count). The fourth-order valence-electron chi connectivity index (χ4n) is 0.724. The molecule has 4 N–H and O–H groups in total. The Bertz CT molecular complexity index is 195. The van der Waals surface area contributed by atoms with Gasteiger partial charge in [0.25, 0.3) is 0 Å². The largest absolute Gasteiger partial charge is 0.370 e. The molecule has 1 heterocycles. The van der Waals surface area contributed by atoms with E-state index in [1.807, 2.05) is 6.08 Å². The Morgan fingerprint density at radius 2 is 2.40 bits per heavy atom. The van der Waals surface area contributed by atoms with Crippen molar-refractivity contribution in [3.05, 3.63) is 12.3 Å². The zero-order valence-corrected chi connectivity index (χ0v) is 5.62. The number of aliphatic imine (C=N–C) groups is 2. The van der Waals surface area contributed by atoms with Crippen LogP contribution in [0.1, 0.15) is 12.8 Å². The van der Waals surface area contributed by atoms with Gasteiger partial charge in [0.05, 0.1) is 0 Å². The Morgan fingerprint density at radius 1 is 1.60 bits per heavy atom. The van der Waals surface area contributed by atoms with Crippen molar-refractivity contribution in [2.45, 2.75) is 12.8 Å². The predicted octanol–water partition coefficient (Wildman–Crippen LogP) is -0.0342. The standard InChI is InChI=1S/C6H10N4/c7-6(8)10-5-3-1-2-4-9-5/h2,4H,1,3H2,(H4,7,8,9,10). The van der Waals surface area contributed by atoms with E-state index in [9.17, 15) is 0 Å². The molecule has 0 radical (unpaired) electrons. The first-order chi connectivity index (χ1) is 4.79. The van der Waals surface area contributed by atoms with E-state index >= 15 is 0 Å². The van der Waals surface area contributed by atoms with Crippen molar-refractivity contribution in [2.75, 3.05) is 0 Å². The Balaban J connectivity index is 2.64. The molecule has 54 valence electrons. The molecular weight excluding hydrogens is 128 g/mol. The summed E-state index contributed by atoms with van der Waals surface area (Å²) in [4.78, 5) is 7.77. The van der Waals surface area contributed by atoms with Gasteiger partial charge in [-0.15, -0.1) is 0 Å². The zero-order valence-electron chi connectivity index (χ0n) is 5.62. The van der Waals surface area contributed by atoms with Crippen LogP contribution in [0.15, 0.2) is 22.3 Å². The van der Waals surface area contributed by atoms with Crippen LogP contribution in [0, 0.1) is 0 Å².